The number of fused-ring (bicyclic) bond motifs is 4. The van der Waals surface area contributed by atoms with E-state index in [2.05, 4.69) is 21.3 Å². The molecule has 3 aliphatic rings. The van der Waals surface area contributed by atoms with Crippen molar-refractivity contribution < 1.29 is 44.4 Å². The molecule has 186 valence electrons. The van der Waals surface area contributed by atoms with Crippen LogP contribution in [0.5, 0.6) is 17.2 Å². The van der Waals surface area contributed by atoms with Crippen LogP contribution in [0.1, 0.15) is 23.6 Å². The van der Waals surface area contributed by atoms with Gasteiger partial charge < -0.3 is 18.4 Å². The summed E-state index contributed by atoms with van der Waals surface area (Å²) < 4.78 is 98.5. The van der Waals surface area contributed by atoms with Crippen LogP contribution in [0.4, 0.5) is 17.6 Å². The van der Waals surface area contributed by atoms with Gasteiger partial charge in [0.2, 0.25) is 0 Å². The fraction of sp³-hybridized carbons (Fsp3) is 0.391. The highest BCUT2D eigenvalue weighted by Gasteiger charge is 2.53. The Morgan fingerprint density at radius 3 is 2.43 bits per heavy atom. The third-order valence-electron chi connectivity index (χ3n) is 5.90. The normalized spacial score (nSPS) is 24.8. The summed E-state index contributed by atoms with van der Waals surface area (Å²) in [5.74, 6) is 5.86. The van der Waals surface area contributed by atoms with E-state index in [0.29, 0.717) is 18.8 Å². The van der Waals surface area contributed by atoms with E-state index in [9.17, 15) is 21.6 Å². The molecule has 1 spiro atoms. The highest BCUT2D eigenvalue weighted by molar-refractivity contribution is 7.88. The first-order valence-corrected chi connectivity index (χ1v) is 11.9. The standard InChI is InChI=1S/C23H19F4NO6S/c1-21(12-31-13-21)7-6-14-2-4-18-16(10-14)22(20(24)28-8-9-32-22)17-11-15(3-5-19(17)33-18)34-35(29,30)23(25,26)27/h2-5,10-11,20,28H,8-9,12-13H2,1H3. The number of rotatable bonds is 2. The lowest BCUT2D eigenvalue weighted by molar-refractivity contribution is -0.116. The lowest BCUT2D eigenvalue weighted by Crippen LogP contribution is -2.55. The van der Waals surface area contributed by atoms with E-state index < -0.39 is 33.3 Å². The predicted octanol–water partition coefficient (Wildman–Crippen LogP) is 3.57. The summed E-state index contributed by atoms with van der Waals surface area (Å²) in [4.78, 5) is 0. The summed E-state index contributed by atoms with van der Waals surface area (Å²) in [6, 6.07) is 8.07. The summed E-state index contributed by atoms with van der Waals surface area (Å²) in [6.07, 6.45) is -1.84. The van der Waals surface area contributed by atoms with Crippen LogP contribution in [0.15, 0.2) is 36.4 Å². The van der Waals surface area contributed by atoms with Gasteiger partial charge in [0.15, 0.2) is 11.9 Å². The van der Waals surface area contributed by atoms with E-state index in [-0.39, 0.29) is 41.2 Å². The molecule has 2 aromatic rings. The number of ether oxygens (including phenoxy) is 3. The van der Waals surface area contributed by atoms with E-state index in [1.54, 1.807) is 18.2 Å². The van der Waals surface area contributed by atoms with Crippen LogP contribution in [0, 0.1) is 17.3 Å². The van der Waals surface area contributed by atoms with E-state index in [1.165, 1.54) is 6.07 Å². The van der Waals surface area contributed by atoms with E-state index in [0.717, 1.165) is 12.1 Å². The zero-order valence-corrected chi connectivity index (χ0v) is 19.1. The van der Waals surface area contributed by atoms with E-state index in [4.69, 9.17) is 14.2 Å². The van der Waals surface area contributed by atoms with Crippen LogP contribution >= 0.6 is 0 Å². The minimum atomic E-state index is -5.94. The largest absolute Gasteiger partial charge is 0.534 e. The fourth-order valence-corrected chi connectivity index (χ4v) is 4.56. The van der Waals surface area contributed by atoms with Crippen molar-refractivity contribution in [3.8, 4) is 29.1 Å². The molecular formula is C23H19F4NO6S. The smallest absolute Gasteiger partial charge is 0.457 e. The van der Waals surface area contributed by atoms with Crippen LogP contribution in [-0.2, 0) is 25.2 Å². The molecule has 2 unspecified atom stereocenters. The summed E-state index contributed by atoms with van der Waals surface area (Å²) in [5, 5.41) is 2.67. The van der Waals surface area contributed by atoms with Crippen LogP contribution < -0.4 is 14.2 Å². The number of hydrogen-bond donors (Lipinski definition) is 1. The van der Waals surface area contributed by atoms with Crippen molar-refractivity contribution in [2.45, 2.75) is 24.3 Å². The zero-order valence-electron chi connectivity index (χ0n) is 18.2. The maximum absolute atomic E-state index is 15.6. The third-order valence-corrected chi connectivity index (χ3v) is 6.88. The first-order chi connectivity index (χ1) is 16.4. The van der Waals surface area contributed by atoms with Crippen molar-refractivity contribution in [1.82, 2.24) is 5.32 Å². The van der Waals surface area contributed by atoms with E-state index >= 15 is 4.39 Å². The number of alkyl halides is 4. The molecule has 12 heteroatoms. The molecule has 5 rings (SSSR count). The van der Waals surface area contributed by atoms with Gasteiger partial charge in [0.1, 0.15) is 17.2 Å². The Morgan fingerprint density at radius 1 is 1.11 bits per heavy atom. The van der Waals surface area contributed by atoms with Crippen molar-refractivity contribution in [1.29, 1.82) is 0 Å². The Kier molecular flexibility index (Phi) is 5.52. The minimum Gasteiger partial charge on any atom is -0.457 e. The predicted molar refractivity (Wildman–Crippen MR) is 114 cm³/mol. The molecule has 0 radical (unpaired) electrons. The molecule has 3 heterocycles. The highest BCUT2D eigenvalue weighted by Crippen LogP contribution is 2.53. The van der Waals surface area contributed by atoms with E-state index in [1.807, 2.05) is 6.92 Å². The quantitative estimate of drug-likeness (QED) is 0.216. The fourth-order valence-electron chi connectivity index (χ4n) is 4.11. The number of hydrogen-bond acceptors (Lipinski definition) is 7. The summed E-state index contributed by atoms with van der Waals surface area (Å²) in [5.41, 5.74) is -7.00. The topological polar surface area (TPSA) is 83.1 Å². The minimum absolute atomic E-state index is 0.0240. The zero-order chi connectivity index (χ0) is 25.1. The molecule has 0 aliphatic carbocycles. The summed E-state index contributed by atoms with van der Waals surface area (Å²) in [7, 11) is -5.94. The molecule has 2 atom stereocenters. The van der Waals surface area contributed by atoms with Gasteiger partial charge in [-0.3, -0.25) is 5.32 Å². The second kappa shape index (κ2) is 8.09. The average Bonchev–Trinajstić information content (AvgIpc) is 2.77. The van der Waals surface area contributed by atoms with Gasteiger partial charge in [-0.05, 0) is 43.3 Å². The monoisotopic (exact) mass is 513 g/mol. The lowest BCUT2D eigenvalue weighted by atomic mass is 9.80. The molecule has 7 nitrogen and oxygen atoms in total. The number of halogens is 4. The van der Waals surface area contributed by atoms with Crippen molar-refractivity contribution in [2.75, 3.05) is 26.4 Å². The SMILES string of the molecule is CC1(C#Cc2ccc3c(c2)C2(OCCNC2F)c2cc(OS(=O)(=O)C(F)(F)F)ccc2O3)COC1. The first-order valence-electron chi connectivity index (χ1n) is 10.5. The molecule has 2 saturated heterocycles. The molecule has 0 bridgehead atoms. The Balaban J connectivity index is 1.61. The van der Waals surface area contributed by atoms with Crippen molar-refractivity contribution in [2.24, 2.45) is 5.41 Å². The van der Waals surface area contributed by atoms with Gasteiger partial charge in [0.25, 0.3) is 0 Å². The second-order valence-corrected chi connectivity index (χ2v) is 10.2. The molecule has 1 N–H and O–H groups in total. The van der Waals surface area contributed by atoms with Crippen LogP contribution in [0.3, 0.4) is 0 Å². The van der Waals surface area contributed by atoms with Crippen LogP contribution in [0.2, 0.25) is 0 Å². The Labute approximate surface area is 198 Å². The molecule has 3 aliphatic heterocycles. The van der Waals surface area contributed by atoms with Gasteiger partial charge >= 0.3 is 15.6 Å². The molecule has 2 aromatic carbocycles. The summed E-state index contributed by atoms with van der Waals surface area (Å²) in [6.45, 7) is 3.19. The van der Waals surface area contributed by atoms with Gasteiger partial charge in [0, 0.05) is 23.2 Å². The Hall–Kier alpha value is -2.85. The van der Waals surface area contributed by atoms with Crippen LogP contribution in [0.25, 0.3) is 0 Å². The second-order valence-electron chi connectivity index (χ2n) is 8.66. The number of nitrogens with one attached hydrogen (secondary N) is 1. The van der Waals surface area contributed by atoms with Gasteiger partial charge in [-0.2, -0.15) is 21.6 Å². The summed E-state index contributed by atoms with van der Waals surface area (Å²) >= 11 is 0. The maximum Gasteiger partial charge on any atom is 0.534 e. The molecule has 0 aromatic heterocycles. The van der Waals surface area contributed by atoms with Gasteiger partial charge in [-0.1, -0.05) is 11.8 Å². The number of benzene rings is 2. The lowest BCUT2D eigenvalue weighted by Gasteiger charge is -2.44. The maximum atomic E-state index is 15.6. The van der Waals surface area contributed by atoms with Crippen molar-refractivity contribution in [3.05, 3.63) is 53.1 Å². The molecular weight excluding hydrogens is 494 g/mol. The highest BCUT2D eigenvalue weighted by atomic mass is 32.2. The number of morpholine rings is 1. The van der Waals surface area contributed by atoms with Gasteiger partial charge in [-0.15, -0.1) is 0 Å². The Bertz CT molecular complexity index is 1350. The molecule has 2 fully saturated rings. The van der Waals surface area contributed by atoms with Crippen molar-refractivity contribution >= 4 is 10.1 Å². The Morgan fingerprint density at radius 2 is 1.80 bits per heavy atom. The third kappa shape index (κ3) is 4.02. The average molecular weight is 513 g/mol. The van der Waals surface area contributed by atoms with Gasteiger partial charge in [-0.25, -0.2) is 4.39 Å². The van der Waals surface area contributed by atoms with Crippen LogP contribution in [-0.4, -0.2) is 46.6 Å². The first kappa shape index (κ1) is 23.9. The molecule has 35 heavy (non-hydrogen) atoms. The molecule has 0 saturated carbocycles. The van der Waals surface area contributed by atoms with Crippen molar-refractivity contribution in [3.63, 3.8) is 0 Å². The molecule has 0 amide bonds. The van der Waals surface area contributed by atoms with Gasteiger partial charge in [0.05, 0.1) is 25.2 Å².